The van der Waals surface area contributed by atoms with E-state index in [-0.39, 0.29) is 5.75 Å². The molecule has 0 aliphatic heterocycles. The average molecular weight is 257 g/mol. The van der Waals surface area contributed by atoms with Gasteiger partial charge in [-0.05, 0) is 36.4 Å². The molecule has 0 saturated carbocycles. The van der Waals surface area contributed by atoms with Crippen LogP contribution in [-0.2, 0) is 0 Å². The van der Waals surface area contributed by atoms with Gasteiger partial charge in [0.2, 0.25) is 0 Å². The summed E-state index contributed by atoms with van der Waals surface area (Å²) in [7, 11) is 0. The number of hydrogen-bond acceptors (Lipinski definition) is 5. The number of hydrogen-bond donors (Lipinski definition) is 3. The molecule has 0 amide bonds. The van der Waals surface area contributed by atoms with Gasteiger partial charge in [0.05, 0.1) is 10.5 Å². The van der Waals surface area contributed by atoms with Crippen LogP contribution in [0, 0.1) is 11.3 Å². The molecule has 0 radical (unpaired) electrons. The van der Waals surface area contributed by atoms with Crippen molar-refractivity contribution < 1.29 is 5.11 Å². The molecule has 0 unspecified atom stereocenters. The molecule has 0 fully saturated rings. The summed E-state index contributed by atoms with van der Waals surface area (Å²) in [6, 6.07) is 11.9. The predicted molar refractivity (Wildman–Crippen MR) is 72.2 cm³/mol. The molecule has 2 aromatic carbocycles. The number of nitrogens with two attached hydrogens (primary N) is 2. The van der Waals surface area contributed by atoms with Crippen LogP contribution in [0.1, 0.15) is 5.56 Å². The number of benzene rings is 2. The summed E-state index contributed by atoms with van der Waals surface area (Å²) in [6.07, 6.45) is 0. The first-order valence-electron chi connectivity index (χ1n) is 5.16. The second-order valence-corrected chi connectivity index (χ2v) is 4.78. The van der Waals surface area contributed by atoms with Crippen molar-refractivity contribution in [1.82, 2.24) is 0 Å². The number of nitrogens with zero attached hydrogens (tertiary/aromatic N) is 1. The van der Waals surface area contributed by atoms with Crippen molar-refractivity contribution in [3.63, 3.8) is 0 Å². The number of aromatic hydroxyl groups is 1. The Morgan fingerprint density at radius 2 is 1.61 bits per heavy atom. The van der Waals surface area contributed by atoms with Crippen LogP contribution in [0.25, 0.3) is 0 Å². The van der Waals surface area contributed by atoms with Crippen LogP contribution >= 0.6 is 11.8 Å². The van der Waals surface area contributed by atoms with Crippen molar-refractivity contribution in [2.24, 2.45) is 0 Å². The van der Waals surface area contributed by atoms with E-state index in [0.29, 0.717) is 26.7 Å². The summed E-state index contributed by atoms with van der Waals surface area (Å²) in [4.78, 5) is 1.29. The monoisotopic (exact) mass is 257 g/mol. The molecule has 18 heavy (non-hydrogen) atoms. The predicted octanol–water partition coefficient (Wildman–Crippen LogP) is 2.58. The third kappa shape index (κ3) is 2.50. The fourth-order valence-electron chi connectivity index (χ4n) is 1.45. The van der Waals surface area contributed by atoms with Crippen LogP contribution < -0.4 is 11.5 Å². The SMILES string of the molecule is N#Cc1ccc(N)cc1Sc1cc(N)ccc1O. The standard InChI is InChI=1S/C13H11N3OS/c14-7-8-1-2-9(15)5-12(8)18-13-6-10(16)3-4-11(13)17/h1-6,17H,15-16H2. The molecule has 90 valence electrons. The fraction of sp³-hybridized carbons (Fsp3) is 0. The summed E-state index contributed by atoms with van der Waals surface area (Å²) in [5.74, 6) is 0.125. The van der Waals surface area contributed by atoms with E-state index < -0.39 is 0 Å². The Balaban J connectivity index is 2.43. The molecule has 0 bridgehead atoms. The van der Waals surface area contributed by atoms with Gasteiger partial charge in [0.1, 0.15) is 11.8 Å². The summed E-state index contributed by atoms with van der Waals surface area (Å²) < 4.78 is 0. The minimum absolute atomic E-state index is 0.125. The Hall–Kier alpha value is -2.32. The van der Waals surface area contributed by atoms with E-state index in [2.05, 4.69) is 6.07 Å². The van der Waals surface area contributed by atoms with Crippen molar-refractivity contribution in [2.75, 3.05) is 11.5 Å². The molecular weight excluding hydrogens is 246 g/mol. The lowest BCUT2D eigenvalue weighted by Crippen LogP contribution is -1.89. The smallest absolute Gasteiger partial charge is 0.129 e. The van der Waals surface area contributed by atoms with Gasteiger partial charge in [-0.25, -0.2) is 0 Å². The van der Waals surface area contributed by atoms with Crippen LogP contribution in [0.4, 0.5) is 11.4 Å². The van der Waals surface area contributed by atoms with Crippen LogP contribution in [0.2, 0.25) is 0 Å². The third-order valence-corrected chi connectivity index (χ3v) is 3.43. The highest BCUT2D eigenvalue weighted by Crippen LogP contribution is 2.37. The summed E-state index contributed by atoms with van der Waals surface area (Å²) in [5, 5.41) is 18.8. The molecule has 5 heteroatoms. The van der Waals surface area contributed by atoms with E-state index in [1.165, 1.54) is 17.8 Å². The highest BCUT2D eigenvalue weighted by molar-refractivity contribution is 7.99. The Kier molecular flexibility index (Phi) is 3.31. The topological polar surface area (TPSA) is 96.1 Å². The zero-order valence-electron chi connectivity index (χ0n) is 9.42. The van der Waals surface area contributed by atoms with Gasteiger partial charge < -0.3 is 16.6 Å². The maximum absolute atomic E-state index is 9.74. The number of anilines is 2. The van der Waals surface area contributed by atoms with Gasteiger partial charge in [-0.1, -0.05) is 11.8 Å². The molecule has 0 spiro atoms. The van der Waals surface area contributed by atoms with Crippen molar-refractivity contribution in [2.45, 2.75) is 9.79 Å². The quantitative estimate of drug-likeness (QED) is 0.567. The maximum Gasteiger partial charge on any atom is 0.129 e. The third-order valence-electron chi connectivity index (χ3n) is 2.33. The van der Waals surface area contributed by atoms with Gasteiger partial charge >= 0.3 is 0 Å². The van der Waals surface area contributed by atoms with Crippen molar-refractivity contribution in [3.05, 3.63) is 42.0 Å². The second-order valence-electron chi connectivity index (χ2n) is 3.70. The van der Waals surface area contributed by atoms with Crippen LogP contribution in [-0.4, -0.2) is 5.11 Å². The van der Waals surface area contributed by atoms with E-state index in [1.54, 1.807) is 30.3 Å². The highest BCUT2D eigenvalue weighted by atomic mass is 32.2. The molecule has 0 heterocycles. The fourth-order valence-corrected chi connectivity index (χ4v) is 2.47. The molecule has 0 aliphatic rings. The largest absolute Gasteiger partial charge is 0.507 e. The number of nitrogen functional groups attached to an aromatic ring is 2. The van der Waals surface area contributed by atoms with Crippen molar-refractivity contribution in [3.8, 4) is 11.8 Å². The molecular formula is C13H11N3OS. The van der Waals surface area contributed by atoms with Crippen molar-refractivity contribution >= 4 is 23.1 Å². The van der Waals surface area contributed by atoms with Gasteiger partial charge in [-0.2, -0.15) is 5.26 Å². The molecule has 0 saturated heterocycles. The van der Waals surface area contributed by atoms with E-state index in [4.69, 9.17) is 16.7 Å². The Morgan fingerprint density at radius 1 is 1.00 bits per heavy atom. The number of rotatable bonds is 2. The number of nitriles is 1. The lowest BCUT2D eigenvalue weighted by molar-refractivity contribution is 0.462. The minimum Gasteiger partial charge on any atom is -0.507 e. The molecule has 0 atom stereocenters. The summed E-state index contributed by atoms with van der Waals surface area (Å²) in [6.45, 7) is 0. The van der Waals surface area contributed by atoms with Gasteiger partial charge in [0.25, 0.3) is 0 Å². The Bertz CT molecular complexity index is 635. The van der Waals surface area contributed by atoms with Gasteiger partial charge in [-0.15, -0.1) is 0 Å². The zero-order valence-corrected chi connectivity index (χ0v) is 10.2. The van der Waals surface area contributed by atoms with E-state index in [0.717, 1.165) is 0 Å². The first-order chi connectivity index (χ1) is 8.60. The molecule has 4 nitrogen and oxygen atoms in total. The Labute approximate surface area is 109 Å². The van der Waals surface area contributed by atoms with Crippen LogP contribution in [0.5, 0.6) is 5.75 Å². The average Bonchev–Trinajstić information content (AvgIpc) is 2.34. The van der Waals surface area contributed by atoms with Gasteiger partial charge in [0.15, 0.2) is 0 Å². The highest BCUT2D eigenvalue weighted by Gasteiger charge is 2.08. The number of phenols is 1. The molecule has 2 rings (SSSR count). The van der Waals surface area contributed by atoms with E-state index in [1.807, 2.05) is 0 Å². The van der Waals surface area contributed by atoms with E-state index >= 15 is 0 Å². The lowest BCUT2D eigenvalue weighted by atomic mass is 10.2. The molecule has 2 aromatic rings. The van der Waals surface area contributed by atoms with Gasteiger partial charge in [0, 0.05) is 16.3 Å². The van der Waals surface area contributed by atoms with E-state index in [9.17, 15) is 5.11 Å². The summed E-state index contributed by atoms with van der Waals surface area (Å²) >= 11 is 1.26. The maximum atomic E-state index is 9.74. The molecule has 5 N–H and O–H groups in total. The number of phenolic OH excluding ortho intramolecular Hbond substituents is 1. The van der Waals surface area contributed by atoms with Crippen LogP contribution in [0.15, 0.2) is 46.2 Å². The molecule has 0 aromatic heterocycles. The Morgan fingerprint density at radius 3 is 2.28 bits per heavy atom. The summed E-state index contributed by atoms with van der Waals surface area (Å²) in [5.41, 5.74) is 13.0. The lowest BCUT2D eigenvalue weighted by Gasteiger charge is -2.07. The zero-order chi connectivity index (χ0) is 13.1. The normalized spacial score (nSPS) is 9.94. The second kappa shape index (κ2) is 4.90. The van der Waals surface area contributed by atoms with Crippen molar-refractivity contribution in [1.29, 1.82) is 5.26 Å². The first-order valence-corrected chi connectivity index (χ1v) is 5.98. The van der Waals surface area contributed by atoms with Crippen LogP contribution in [0.3, 0.4) is 0 Å². The minimum atomic E-state index is 0.125. The molecule has 0 aliphatic carbocycles. The first kappa shape index (κ1) is 12.1. The van der Waals surface area contributed by atoms with Gasteiger partial charge in [-0.3, -0.25) is 0 Å².